The van der Waals surface area contributed by atoms with Gasteiger partial charge < -0.3 is 31.5 Å². The molecule has 5 rings (SSSR count). The number of nitrogens with two attached hydrogens (primary N) is 2. The van der Waals surface area contributed by atoms with Crippen molar-refractivity contribution >= 4 is 33.6 Å². The van der Waals surface area contributed by atoms with Gasteiger partial charge in [0.25, 0.3) is 5.91 Å². The molecular weight excluding hydrogens is 533 g/mol. The smallest absolute Gasteiger partial charge is 0.277 e. The third kappa shape index (κ3) is 5.31. The number of carbonyl (C=O) groups excluding carboxylic acids is 1. The number of aliphatic hydroxyl groups is 1. The number of rotatable bonds is 5. The van der Waals surface area contributed by atoms with Gasteiger partial charge in [-0.2, -0.15) is 0 Å². The molecule has 1 amide bonds. The van der Waals surface area contributed by atoms with Crippen LogP contribution in [0.3, 0.4) is 0 Å². The van der Waals surface area contributed by atoms with Crippen LogP contribution in [-0.2, 0) is 10.4 Å². The predicted octanol–water partition coefficient (Wildman–Crippen LogP) is 3.44. The summed E-state index contributed by atoms with van der Waals surface area (Å²) in [7, 11) is 0. The lowest BCUT2D eigenvalue weighted by Gasteiger charge is -2.40. The minimum Gasteiger partial charge on any atom is -0.391 e. The van der Waals surface area contributed by atoms with Crippen LogP contribution in [0.1, 0.15) is 35.8 Å². The van der Waals surface area contributed by atoms with Gasteiger partial charge in [-0.05, 0) is 23.8 Å². The normalized spacial score (nSPS) is 23.0. The third-order valence-corrected chi connectivity index (χ3v) is 8.18. The molecule has 2 aromatic heterocycles. The van der Waals surface area contributed by atoms with Gasteiger partial charge in [0.1, 0.15) is 27.3 Å². The maximum Gasteiger partial charge on any atom is 0.277 e. The Hall–Kier alpha value is -3.26. The number of benzene rings is 1. The minimum absolute atomic E-state index is 0.00106. The number of pyridine rings is 1. The van der Waals surface area contributed by atoms with E-state index >= 15 is 13.2 Å². The first kappa shape index (κ1) is 27.3. The summed E-state index contributed by atoms with van der Waals surface area (Å²) in [5.74, 6) is -2.79. The van der Waals surface area contributed by atoms with E-state index < -0.39 is 40.9 Å². The summed E-state index contributed by atoms with van der Waals surface area (Å²) in [5, 5.41) is 12.7. The lowest BCUT2D eigenvalue weighted by Crippen LogP contribution is -2.55. The van der Waals surface area contributed by atoms with Gasteiger partial charge >= 0.3 is 0 Å². The highest BCUT2D eigenvalue weighted by atomic mass is 32.1. The van der Waals surface area contributed by atoms with Gasteiger partial charge in [-0.1, -0.05) is 18.3 Å². The molecule has 0 bridgehead atoms. The second kappa shape index (κ2) is 10.7. The fraction of sp³-hybridized carbons (Fsp3) is 0.423. The lowest BCUT2D eigenvalue weighted by atomic mass is 9.87. The number of piperidine rings is 1. The van der Waals surface area contributed by atoms with E-state index in [0.29, 0.717) is 24.5 Å². The maximum absolute atomic E-state index is 15.3. The zero-order valence-corrected chi connectivity index (χ0v) is 22.0. The molecule has 0 aliphatic carbocycles. The van der Waals surface area contributed by atoms with Crippen LogP contribution in [0.4, 0.5) is 29.5 Å². The van der Waals surface area contributed by atoms with E-state index in [1.807, 2.05) is 11.8 Å². The van der Waals surface area contributed by atoms with Crippen LogP contribution in [0.25, 0.3) is 10.6 Å². The summed E-state index contributed by atoms with van der Waals surface area (Å²) in [6.07, 6.45) is 2.38. The number of thiazole rings is 1. The van der Waals surface area contributed by atoms with Gasteiger partial charge in [0.15, 0.2) is 5.69 Å². The van der Waals surface area contributed by atoms with Gasteiger partial charge in [-0.15, -0.1) is 0 Å². The Kier molecular flexibility index (Phi) is 7.51. The van der Waals surface area contributed by atoms with Gasteiger partial charge in [-0.3, -0.25) is 9.78 Å². The molecule has 0 saturated carbocycles. The molecular formula is C26H29F3N6O3S. The van der Waals surface area contributed by atoms with Crippen LogP contribution in [0, 0.1) is 17.6 Å². The molecule has 1 aromatic carbocycles. The summed E-state index contributed by atoms with van der Waals surface area (Å²) >= 11 is 0.750. The Bertz CT molecular complexity index is 1350. The van der Waals surface area contributed by atoms with Crippen molar-refractivity contribution < 1.29 is 27.8 Å². The predicted molar refractivity (Wildman–Crippen MR) is 142 cm³/mol. The largest absolute Gasteiger partial charge is 0.391 e. The van der Waals surface area contributed by atoms with E-state index in [4.69, 9.17) is 16.2 Å². The zero-order valence-electron chi connectivity index (χ0n) is 21.2. The zero-order chi connectivity index (χ0) is 27.9. The highest BCUT2D eigenvalue weighted by Crippen LogP contribution is 2.40. The highest BCUT2D eigenvalue weighted by molar-refractivity contribution is 7.19. The summed E-state index contributed by atoms with van der Waals surface area (Å²) < 4.78 is 50.7. The topological polar surface area (TPSA) is 140 Å². The molecule has 3 atom stereocenters. The van der Waals surface area contributed by atoms with Crippen molar-refractivity contribution in [2.45, 2.75) is 37.6 Å². The summed E-state index contributed by atoms with van der Waals surface area (Å²) in [6, 6.07) is 3.16. The number of aliphatic hydroxyl groups excluding tert-OH is 1. The van der Waals surface area contributed by atoms with Crippen LogP contribution in [-0.4, -0.2) is 59.4 Å². The van der Waals surface area contributed by atoms with Crippen molar-refractivity contribution in [3.63, 3.8) is 0 Å². The van der Waals surface area contributed by atoms with Crippen LogP contribution >= 0.6 is 11.3 Å². The number of alkyl halides is 1. The molecule has 208 valence electrons. The number of anilines is 3. The molecule has 4 heterocycles. The number of halogens is 3. The Morgan fingerprint density at radius 1 is 1.26 bits per heavy atom. The molecule has 2 fully saturated rings. The van der Waals surface area contributed by atoms with Gasteiger partial charge in [0.05, 0.1) is 29.2 Å². The van der Waals surface area contributed by atoms with E-state index in [2.05, 4.69) is 15.3 Å². The molecule has 0 radical (unpaired) electrons. The van der Waals surface area contributed by atoms with Crippen LogP contribution in [0.2, 0.25) is 0 Å². The molecule has 0 spiro atoms. The van der Waals surface area contributed by atoms with Crippen molar-refractivity contribution in [3.05, 3.63) is 53.5 Å². The second-order valence-corrected chi connectivity index (χ2v) is 11.0. The number of ether oxygens (including phenoxy) is 1. The first-order valence-electron chi connectivity index (χ1n) is 12.5. The molecule has 6 N–H and O–H groups in total. The van der Waals surface area contributed by atoms with E-state index in [1.165, 1.54) is 6.20 Å². The van der Waals surface area contributed by atoms with E-state index in [-0.39, 0.29) is 53.2 Å². The summed E-state index contributed by atoms with van der Waals surface area (Å²) in [5.41, 5.74) is 10.4. The van der Waals surface area contributed by atoms with E-state index in [1.54, 1.807) is 12.3 Å². The number of hydrogen-bond donors (Lipinski definition) is 4. The maximum atomic E-state index is 15.3. The highest BCUT2D eigenvalue weighted by Gasteiger charge is 2.36. The monoisotopic (exact) mass is 562 g/mol. The van der Waals surface area contributed by atoms with E-state index in [9.17, 15) is 9.90 Å². The molecule has 2 saturated heterocycles. The molecule has 9 nitrogen and oxygen atoms in total. The van der Waals surface area contributed by atoms with Crippen molar-refractivity contribution in [1.29, 1.82) is 0 Å². The fourth-order valence-electron chi connectivity index (χ4n) is 5.07. The Morgan fingerprint density at radius 3 is 2.62 bits per heavy atom. The standard InChI is InChI=1S/C26H29F3N6O3S/c1-13-11-35(12-17(30)22(13)36)19-2-5-32-10-18(19)33-24(37)21-23(31)39-25(34-21)20-15(27)8-14(9-16(20)28)26(29)3-6-38-7-4-26/h2,5,8-10,13,17,22,36H,3-4,6-7,11-12,30-31H2,1H3,(H,33,37)/t13-,17+,22+/m0/s1. The van der Waals surface area contributed by atoms with Crippen molar-refractivity contribution in [2.24, 2.45) is 11.7 Å². The van der Waals surface area contributed by atoms with Gasteiger partial charge in [-0.25, -0.2) is 18.2 Å². The van der Waals surface area contributed by atoms with Crippen LogP contribution in [0.15, 0.2) is 30.6 Å². The fourth-order valence-corrected chi connectivity index (χ4v) is 5.95. The van der Waals surface area contributed by atoms with Crippen LogP contribution in [0.5, 0.6) is 0 Å². The quantitative estimate of drug-likeness (QED) is 0.371. The van der Waals surface area contributed by atoms with E-state index in [0.717, 1.165) is 23.5 Å². The molecule has 0 unspecified atom stereocenters. The Labute approximate surface area is 227 Å². The number of aromatic nitrogens is 2. The molecule has 2 aliphatic rings. The number of nitrogen functional groups attached to an aromatic ring is 1. The Morgan fingerprint density at radius 2 is 1.95 bits per heavy atom. The SMILES string of the molecule is C[C@H]1CN(c2ccncc2NC(=O)c2nc(-c3c(F)cc(C4(F)CCOCC4)cc3F)sc2N)C[C@@H](N)[C@@H]1O. The number of nitrogens with one attached hydrogen (secondary N) is 1. The number of hydrogen-bond acceptors (Lipinski definition) is 9. The third-order valence-electron chi connectivity index (χ3n) is 7.28. The molecule has 3 aromatic rings. The second-order valence-electron chi connectivity index (χ2n) is 10.0. The van der Waals surface area contributed by atoms with Gasteiger partial charge in [0.2, 0.25) is 0 Å². The molecule has 2 aliphatic heterocycles. The average molecular weight is 563 g/mol. The Balaban J connectivity index is 1.40. The minimum atomic E-state index is -1.89. The van der Waals surface area contributed by atoms with Crippen molar-refractivity contribution in [3.8, 4) is 10.6 Å². The summed E-state index contributed by atoms with van der Waals surface area (Å²) in [6.45, 7) is 3.07. The molecule has 39 heavy (non-hydrogen) atoms. The number of amides is 1. The average Bonchev–Trinajstić information content (AvgIpc) is 3.28. The molecule has 13 heteroatoms. The lowest BCUT2D eigenvalue weighted by molar-refractivity contribution is -0.0117. The van der Waals surface area contributed by atoms with Crippen molar-refractivity contribution in [1.82, 2.24) is 9.97 Å². The first-order valence-corrected chi connectivity index (χ1v) is 13.4. The first-order chi connectivity index (χ1) is 18.6. The van der Waals surface area contributed by atoms with Crippen LogP contribution < -0.4 is 21.7 Å². The summed E-state index contributed by atoms with van der Waals surface area (Å²) in [4.78, 5) is 23.3. The van der Waals surface area contributed by atoms with Gasteiger partial charge in [0, 0.05) is 57.3 Å². The van der Waals surface area contributed by atoms with Crippen molar-refractivity contribution in [2.75, 3.05) is 42.3 Å². The number of carbonyl (C=O) groups is 1. The number of nitrogens with zero attached hydrogens (tertiary/aromatic N) is 3.